The summed E-state index contributed by atoms with van der Waals surface area (Å²) >= 11 is 1.58. The summed E-state index contributed by atoms with van der Waals surface area (Å²) in [6.45, 7) is 0.667. The van der Waals surface area contributed by atoms with Crippen molar-refractivity contribution in [3.05, 3.63) is 52.2 Å². The summed E-state index contributed by atoms with van der Waals surface area (Å²) < 4.78 is 26.8. The lowest BCUT2D eigenvalue weighted by molar-refractivity contribution is -0.117. The summed E-state index contributed by atoms with van der Waals surface area (Å²) in [6.07, 6.45) is 0. The molecule has 6 heteroatoms. The Kier molecular flexibility index (Phi) is 4.81. The molecular formula is C14H14F2N2OS. The molecule has 1 aromatic carbocycles. The third-order valence-electron chi connectivity index (χ3n) is 2.67. The molecule has 106 valence electrons. The number of nitrogens with zero attached hydrogens (tertiary/aromatic N) is 1. The minimum atomic E-state index is -0.779. The lowest BCUT2D eigenvalue weighted by Crippen LogP contribution is -2.30. The largest absolute Gasteiger partial charge is 0.320 e. The van der Waals surface area contributed by atoms with E-state index in [1.807, 2.05) is 16.8 Å². The molecule has 1 amide bonds. The van der Waals surface area contributed by atoms with Crippen LogP contribution in [0.15, 0.2) is 35.0 Å². The van der Waals surface area contributed by atoms with Crippen LogP contribution in [0.5, 0.6) is 0 Å². The molecule has 1 N–H and O–H groups in total. The van der Waals surface area contributed by atoms with E-state index in [4.69, 9.17) is 0 Å². The SMILES string of the molecule is CN(CC(=O)Nc1c(F)cccc1F)Cc1ccsc1. The molecule has 3 nitrogen and oxygen atoms in total. The van der Waals surface area contributed by atoms with Crippen LogP contribution in [0.2, 0.25) is 0 Å². The second-order valence-electron chi connectivity index (χ2n) is 4.45. The smallest absolute Gasteiger partial charge is 0.238 e. The van der Waals surface area contributed by atoms with Gasteiger partial charge in [-0.1, -0.05) is 6.07 Å². The van der Waals surface area contributed by atoms with Crippen LogP contribution in [0.25, 0.3) is 0 Å². The molecule has 20 heavy (non-hydrogen) atoms. The third kappa shape index (κ3) is 3.85. The van der Waals surface area contributed by atoms with Gasteiger partial charge in [-0.15, -0.1) is 0 Å². The van der Waals surface area contributed by atoms with Crippen molar-refractivity contribution in [1.29, 1.82) is 0 Å². The summed E-state index contributed by atoms with van der Waals surface area (Å²) in [5.74, 6) is -2.01. The van der Waals surface area contributed by atoms with Gasteiger partial charge in [0, 0.05) is 6.54 Å². The zero-order valence-electron chi connectivity index (χ0n) is 10.9. The minimum absolute atomic E-state index is 0.0591. The zero-order valence-corrected chi connectivity index (χ0v) is 11.7. The van der Waals surface area contributed by atoms with E-state index >= 15 is 0 Å². The van der Waals surface area contributed by atoms with Crippen molar-refractivity contribution in [3.63, 3.8) is 0 Å². The van der Waals surface area contributed by atoms with Crippen molar-refractivity contribution in [3.8, 4) is 0 Å². The van der Waals surface area contributed by atoms with Gasteiger partial charge >= 0.3 is 0 Å². The van der Waals surface area contributed by atoms with Crippen LogP contribution in [-0.2, 0) is 11.3 Å². The average Bonchev–Trinajstić information content (AvgIpc) is 2.86. The zero-order chi connectivity index (χ0) is 14.5. The topological polar surface area (TPSA) is 32.3 Å². The molecule has 1 heterocycles. The number of para-hydroxylation sites is 1. The Balaban J connectivity index is 1.92. The molecule has 0 aliphatic rings. The lowest BCUT2D eigenvalue weighted by atomic mass is 10.3. The Morgan fingerprint density at radius 1 is 1.30 bits per heavy atom. The standard InChI is InChI=1S/C14H14F2N2OS/c1-18(7-10-5-6-20-9-10)8-13(19)17-14-11(15)3-2-4-12(14)16/h2-6,9H,7-8H2,1H3,(H,17,19). The second kappa shape index (κ2) is 6.58. The maximum atomic E-state index is 13.4. The third-order valence-corrected chi connectivity index (χ3v) is 3.41. The first kappa shape index (κ1) is 14.6. The minimum Gasteiger partial charge on any atom is -0.320 e. The van der Waals surface area contributed by atoms with Gasteiger partial charge in [0.2, 0.25) is 5.91 Å². The summed E-state index contributed by atoms with van der Waals surface area (Å²) in [6, 6.07) is 5.43. The molecule has 0 bridgehead atoms. The van der Waals surface area contributed by atoms with Gasteiger partial charge in [-0.3, -0.25) is 9.69 Å². The average molecular weight is 296 g/mol. The second-order valence-corrected chi connectivity index (χ2v) is 5.23. The van der Waals surface area contributed by atoms with Crippen molar-refractivity contribution >= 4 is 22.9 Å². The maximum Gasteiger partial charge on any atom is 0.238 e. The first-order chi connectivity index (χ1) is 9.56. The molecule has 0 saturated heterocycles. The molecule has 2 aromatic rings. The van der Waals surface area contributed by atoms with Gasteiger partial charge in [0.25, 0.3) is 0 Å². The van der Waals surface area contributed by atoms with Crippen LogP contribution >= 0.6 is 11.3 Å². The Bertz CT molecular complexity index is 567. The van der Waals surface area contributed by atoms with Crippen LogP contribution in [0.1, 0.15) is 5.56 Å². The van der Waals surface area contributed by atoms with Gasteiger partial charge in [0.15, 0.2) is 0 Å². The van der Waals surface area contributed by atoms with Crippen molar-refractivity contribution in [2.24, 2.45) is 0 Å². The molecule has 1 aromatic heterocycles. The Morgan fingerprint density at radius 3 is 2.60 bits per heavy atom. The van der Waals surface area contributed by atoms with E-state index in [0.29, 0.717) is 6.54 Å². The summed E-state index contributed by atoms with van der Waals surface area (Å²) in [5.41, 5.74) is 0.698. The predicted octanol–water partition coefficient (Wildman–Crippen LogP) is 3.10. The van der Waals surface area contributed by atoms with Crippen LogP contribution in [0.3, 0.4) is 0 Å². The highest BCUT2D eigenvalue weighted by Gasteiger charge is 2.13. The number of rotatable bonds is 5. The monoisotopic (exact) mass is 296 g/mol. The van der Waals surface area contributed by atoms with Crippen LogP contribution < -0.4 is 5.32 Å². The van der Waals surface area contributed by atoms with Crippen LogP contribution in [0.4, 0.5) is 14.5 Å². The van der Waals surface area contributed by atoms with Gasteiger partial charge in [0.05, 0.1) is 6.54 Å². The molecule has 0 atom stereocenters. The van der Waals surface area contributed by atoms with Gasteiger partial charge in [0.1, 0.15) is 17.3 Å². The number of thiophene rings is 1. The van der Waals surface area contributed by atoms with Gasteiger partial charge in [-0.25, -0.2) is 8.78 Å². The highest BCUT2D eigenvalue weighted by molar-refractivity contribution is 7.07. The quantitative estimate of drug-likeness (QED) is 0.919. The van der Waals surface area contributed by atoms with Crippen molar-refractivity contribution in [2.75, 3.05) is 18.9 Å². The Morgan fingerprint density at radius 2 is 2.00 bits per heavy atom. The fourth-order valence-corrected chi connectivity index (χ4v) is 2.45. The maximum absolute atomic E-state index is 13.4. The van der Waals surface area contributed by atoms with Crippen LogP contribution in [0, 0.1) is 11.6 Å². The summed E-state index contributed by atoms with van der Waals surface area (Å²) in [5, 5.41) is 6.21. The highest BCUT2D eigenvalue weighted by atomic mass is 32.1. The number of hydrogen-bond donors (Lipinski definition) is 1. The molecule has 2 rings (SSSR count). The van der Waals surface area contributed by atoms with E-state index < -0.39 is 23.2 Å². The predicted molar refractivity (Wildman–Crippen MR) is 75.6 cm³/mol. The van der Waals surface area contributed by atoms with Crippen molar-refractivity contribution < 1.29 is 13.6 Å². The molecule has 0 aliphatic carbocycles. The Hall–Kier alpha value is -1.79. The van der Waals surface area contributed by atoms with E-state index in [0.717, 1.165) is 17.7 Å². The highest BCUT2D eigenvalue weighted by Crippen LogP contribution is 2.17. The first-order valence-corrected chi connectivity index (χ1v) is 6.94. The van der Waals surface area contributed by atoms with Crippen LogP contribution in [-0.4, -0.2) is 24.4 Å². The first-order valence-electron chi connectivity index (χ1n) is 5.99. The van der Waals surface area contributed by atoms with Crippen molar-refractivity contribution in [1.82, 2.24) is 4.90 Å². The molecule has 0 fully saturated rings. The van der Waals surface area contributed by atoms with Crippen molar-refractivity contribution in [2.45, 2.75) is 6.54 Å². The van der Waals surface area contributed by atoms with Gasteiger partial charge < -0.3 is 5.32 Å². The molecular weight excluding hydrogens is 282 g/mol. The fraction of sp³-hybridized carbons (Fsp3) is 0.214. The fourth-order valence-electron chi connectivity index (χ4n) is 1.79. The number of amides is 1. The Labute approximate surface area is 119 Å². The number of halogens is 2. The number of carbonyl (C=O) groups is 1. The van der Waals surface area contributed by atoms with Gasteiger partial charge in [-0.2, -0.15) is 11.3 Å². The lowest BCUT2D eigenvalue weighted by Gasteiger charge is -2.15. The van der Waals surface area contributed by atoms with E-state index in [-0.39, 0.29) is 6.54 Å². The number of likely N-dealkylation sites (N-methyl/N-ethyl adjacent to an activating group) is 1. The number of benzene rings is 1. The number of hydrogen-bond acceptors (Lipinski definition) is 3. The normalized spacial score (nSPS) is 10.8. The van der Waals surface area contributed by atoms with E-state index in [9.17, 15) is 13.6 Å². The van der Waals surface area contributed by atoms with Gasteiger partial charge in [-0.05, 0) is 41.6 Å². The molecule has 0 radical (unpaired) electrons. The molecule has 0 aliphatic heterocycles. The van der Waals surface area contributed by atoms with E-state index in [1.165, 1.54) is 6.07 Å². The number of carbonyl (C=O) groups excluding carboxylic acids is 1. The molecule has 0 spiro atoms. The number of nitrogens with one attached hydrogen (secondary N) is 1. The number of anilines is 1. The van der Waals surface area contributed by atoms with E-state index in [2.05, 4.69) is 5.32 Å². The summed E-state index contributed by atoms with van der Waals surface area (Å²) in [4.78, 5) is 13.5. The summed E-state index contributed by atoms with van der Waals surface area (Å²) in [7, 11) is 1.77. The molecule has 0 saturated carbocycles. The van der Waals surface area contributed by atoms with E-state index in [1.54, 1.807) is 23.3 Å². The molecule has 0 unspecified atom stereocenters.